The van der Waals surface area contributed by atoms with Gasteiger partial charge in [0.2, 0.25) is 0 Å². The van der Waals surface area contributed by atoms with Gasteiger partial charge in [0.05, 0.1) is 5.69 Å². The van der Waals surface area contributed by atoms with Crippen molar-refractivity contribution in [3.8, 4) is 0 Å². The molecule has 0 saturated carbocycles. The zero-order chi connectivity index (χ0) is 14.5. The zero-order valence-electron chi connectivity index (χ0n) is 11.2. The van der Waals surface area contributed by atoms with Crippen LogP contribution in [-0.4, -0.2) is 29.3 Å². The molecule has 0 radical (unpaired) electrons. The molecule has 0 atom stereocenters. The Morgan fingerprint density at radius 1 is 1.26 bits per heavy atom. The van der Waals surface area contributed by atoms with E-state index in [1.54, 1.807) is 51.1 Å². The number of carbonyl (C=O) groups excluding carboxylic acids is 1. The fourth-order valence-corrected chi connectivity index (χ4v) is 1.35. The molecule has 1 aromatic carbocycles. The molecule has 0 spiro atoms. The van der Waals surface area contributed by atoms with Crippen LogP contribution in [0.5, 0.6) is 0 Å². The lowest BCUT2D eigenvalue weighted by Crippen LogP contribution is -2.47. The SMILES string of the molecule is CC(C)(C)OC(=O)NN(CC(=O)O)c1ccccc1. The van der Waals surface area contributed by atoms with E-state index in [0.717, 1.165) is 0 Å². The number of nitrogens with zero attached hydrogens (tertiary/aromatic N) is 1. The van der Waals surface area contributed by atoms with Crippen molar-refractivity contribution in [2.75, 3.05) is 11.6 Å². The van der Waals surface area contributed by atoms with Gasteiger partial charge in [-0.3, -0.25) is 9.80 Å². The Morgan fingerprint density at radius 2 is 1.84 bits per heavy atom. The van der Waals surface area contributed by atoms with Crippen LogP contribution >= 0.6 is 0 Å². The van der Waals surface area contributed by atoms with E-state index in [9.17, 15) is 9.59 Å². The smallest absolute Gasteiger partial charge is 0.426 e. The average Bonchev–Trinajstić information content (AvgIpc) is 2.26. The number of carboxylic acids is 1. The predicted molar refractivity (Wildman–Crippen MR) is 70.8 cm³/mol. The number of carbonyl (C=O) groups is 2. The summed E-state index contributed by atoms with van der Waals surface area (Å²) in [4.78, 5) is 22.5. The number of para-hydroxylation sites is 1. The summed E-state index contributed by atoms with van der Waals surface area (Å²) in [6.45, 7) is 4.84. The standard InChI is InChI=1S/C13H18N2O4/c1-13(2,3)19-12(18)14-15(9-11(16)17)10-7-5-4-6-8-10/h4-8H,9H2,1-3H3,(H,14,18)(H,16,17). The van der Waals surface area contributed by atoms with Crippen molar-refractivity contribution in [2.24, 2.45) is 0 Å². The van der Waals surface area contributed by atoms with Gasteiger partial charge in [-0.05, 0) is 32.9 Å². The van der Waals surface area contributed by atoms with E-state index >= 15 is 0 Å². The third-order valence-electron chi connectivity index (χ3n) is 1.99. The van der Waals surface area contributed by atoms with Gasteiger partial charge in [0.1, 0.15) is 12.1 Å². The fourth-order valence-electron chi connectivity index (χ4n) is 1.35. The van der Waals surface area contributed by atoms with Gasteiger partial charge in [-0.15, -0.1) is 0 Å². The van der Waals surface area contributed by atoms with Crippen molar-refractivity contribution < 1.29 is 19.4 Å². The van der Waals surface area contributed by atoms with Gasteiger partial charge < -0.3 is 9.84 Å². The van der Waals surface area contributed by atoms with Gasteiger partial charge in [0.15, 0.2) is 0 Å². The number of carboxylic acid groups (broad SMARTS) is 1. The lowest BCUT2D eigenvalue weighted by Gasteiger charge is -2.26. The second kappa shape index (κ2) is 6.08. The van der Waals surface area contributed by atoms with Crippen LogP contribution in [0.3, 0.4) is 0 Å². The number of hydrogen-bond acceptors (Lipinski definition) is 4. The number of ether oxygens (including phenoxy) is 1. The van der Waals surface area contributed by atoms with Gasteiger partial charge in [-0.2, -0.15) is 0 Å². The Kier molecular flexibility index (Phi) is 4.74. The molecule has 2 N–H and O–H groups in total. The molecule has 1 aromatic rings. The minimum Gasteiger partial charge on any atom is -0.480 e. The van der Waals surface area contributed by atoms with Crippen LogP contribution in [0.15, 0.2) is 30.3 Å². The van der Waals surface area contributed by atoms with E-state index in [2.05, 4.69) is 5.43 Å². The van der Waals surface area contributed by atoms with Crippen molar-refractivity contribution >= 4 is 17.7 Å². The van der Waals surface area contributed by atoms with Crippen LogP contribution in [0.1, 0.15) is 20.8 Å². The Labute approximate surface area is 111 Å². The van der Waals surface area contributed by atoms with E-state index in [0.29, 0.717) is 5.69 Å². The van der Waals surface area contributed by atoms with Crippen molar-refractivity contribution in [1.82, 2.24) is 5.43 Å². The number of nitrogens with one attached hydrogen (secondary N) is 1. The molecular weight excluding hydrogens is 248 g/mol. The van der Waals surface area contributed by atoms with Crippen LogP contribution in [-0.2, 0) is 9.53 Å². The zero-order valence-corrected chi connectivity index (χ0v) is 11.2. The van der Waals surface area contributed by atoms with E-state index in [-0.39, 0.29) is 6.54 Å². The summed E-state index contributed by atoms with van der Waals surface area (Å²) < 4.78 is 5.09. The summed E-state index contributed by atoms with van der Waals surface area (Å²) in [6, 6.07) is 8.69. The first kappa shape index (κ1) is 14.8. The van der Waals surface area contributed by atoms with Crippen molar-refractivity contribution in [2.45, 2.75) is 26.4 Å². The van der Waals surface area contributed by atoms with Crippen LogP contribution in [0.4, 0.5) is 10.5 Å². The number of hydrazine groups is 1. The number of aliphatic carboxylic acids is 1. The molecule has 0 bridgehead atoms. The van der Waals surface area contributed by atoms with Crippen LogP contribution in [0.25, 0.3) is 0 Å². The normalized spacial score (nSPS) is 10.7. The first-order valence-electron chi connectivity index (χ1n) is 5.82. The molecule has 0 unspecified atom stereocenters. The number of rotatable bonds is 4. The highest BCUT2D eigenvalue weighted by atomic mass is 16.6. The Balaban J connectivity index is 2.76. The molecule has 19 heavy (non-hydrogen) atoms. The predicted octanol–water partition coefficient (Wildman–Crippen LogP) is 2.02. The van der Waals surface area contributed by atoms with E-state index in [4.69, 9.17) is 9.84 Å². The molecule has 0 aliphatic rings. The largest absolute Gasteiger partial charge is 0.480 e. The quantitative estimate of drug-likeness (QED) is 0.815. The summed E-state index contributed by atoms with van der Waals surface area (Å²) in [7, 11) is 0. The molecule has 0 saturated heterocycles. The minimum absolute atomic E-state index is 0.358. The van der Waals surface area contributed by atoms with Crippen LogP contribution in [0, 0.1) is 0 Å². The first-order valence-corrected chi connectivity index (χ1v) is 5.82. The molecule has 6 heteroatoms. The van der Waals surface area contributed by atoms with Crippen molar-refractivity contribution in [3.05, 3.63) is 30.3 Å². The molecule has 6 nitrogen and oxygen atoms in total. The van der Waals surface area contributed by atoms with E-state index in [1.165, 1.54) is 5.01 Å². The Morgan fingerprint density at radius 3 is 2.32 bits per heavy atom. The Bertz CT molecular complexity index is 440. The summed E-state index contributed by atoms with van der Waals surface area (Å²) in [5.74, 6) is -1.06. The van der Waals surface area contributed by atoms with Gasteiger partial charge in [-0.1, -0.05) is 18.2 Å². The molecule has 0 heterocycles. The molecule has 0 aliphatic carbocycles. The van der Waals surface area contributed by atoms with E-state index in [1.807, 2.05) is 0 Å². The molecule has 1 amide bonds. The highest BCUT2D eigenvalue weighted by Crippen LogP contribution is 2.12. The molecule has 104 valence electrons. The van der Waals surface area contributed by atoms with Gasteiger partial charge >= 0.3 is 12.1 Å². The Hall–Kier alpha value is -2.24. The van der Waals surface area contributed by atoms with E-state index < -0.39 is 17.7 Å². The molecule has 0 fully saturated rings. The summed E-state index contributed by atoms with van der Waals surface area (Å²) >= 11 is 0. The number of anilines is 1. The minimum atomic E-state index is -1.06. The summed E-state index contributed by atoms with van der Waals surface area (Å²) in [6.07, 6.45) is -0.697. The average molecular weight is 266 g/mol. The third-order valence-corrected chi connectivity index (χ3v) is 1.99. The van der Waals surface area contributed by atoms with Crippen LogP contribution in [0.2, 0.25) is 0 Å². The number of amides is 1. The maximum atomic E-state index is 11.7. The van der Waals surface area contributed by atoms with Crippen molar-refractivity contribution in [3.63, 3.8) is 0 Å². The highest BCUT2D eigenvalue weighted by molar-refractivity contribution is 5.77. The van der Waals surface area contributed by atoms with Gasteiger partial charge in [-0.25, -0.2) is 10.2 Å². The maximum absolute atomic E-state index is 11.7. The molecule has 1 rings (SSSR count). The second-order valence-corrected chi connectivity index (χ2v) is 4.93. The lowest BCUT2D eigenvalue weighted by atomic mass is 10.2. The van der Waals surface area contributed by atoms with Gasteiger partial charge in [0, 0.05) is 0 Å². The van der Waals surface area contributed by atoms with Crippen LogP contribution < -0.4 is 10.4 Å². The van der Waals surface area contributed by atoms with Crippen molar-refractivity contribution in [1.29, 1.82) is 0 Å². The topological polar surface area (TPSA) is 78.9 Å². The second-order valence-electron chi connectivity index (χ2n) is 4.93. The summed E-state index contributed by atoms with van der Waals surface area (Å²) in [5, 5.41) is 10.1. The molecule has 0 aromatic heterocycles. The number of hydrogen-bond donors (Lipinski definition) is 2. The summed E-state index contributed by atoms with van der Waals surface area (Å²) in [5.41, 5.74) is 2.33. The molecule has 0 aliphatic heterocycles. The first-order chi connectivity index (χ1) is 8.78. The monoisotopic (exact) mass is 266 g/mol. The lowest BCUT2D eigenvalue weighted by molar-refractivity contribution is -0.135. The van der Waals surface area contributed by atoms with Gasteiger partial charge in [0.25, 0.3) is 0 Å². The third kappa shape index (κ3) is 5.76. The fraction of sp³-hybridized carbons (Fsp3) is 0.385. The number of benzene rings is 1. The highest BCUT2D eigenvalue weighted by Gasteiger charge is 2.19. The molecular formula is C13H18N2O4. The maximum Gasteiger partial charge on any atom is 0.426 e.